The number of carbonyl (C=O) groups excluding carboxylic acids is 1. The van der Waals surface area contributed by atoms with Gasteiger partial charge in [0.05, 0.1) is 27.5 Å². The van der Waals surface area contributed by atoms with E-state index < -0.39 is 5.91 Å². The van der Waals surface area contributed by atoms with Crippen LogP contribution in [0.1, 0.15) is 10.6 Å². The minimum absolute atomic E-state index is 0.132. The van der Waals surface area contributed by atoms with E-state index in [1.54, 1.807) is 12.1 Å². The molecule has 0 atom stereocenters. The van der Waals surface area contributed by atoms with Crippen molar-refractivity contribution in [2.75, 3.05) is 26.6 Å². The first-order valence-electron chi connectivity index (χ1n) is 6.99. The lowest BCUT2D eigenvalue weighted by atomic mass is 10.2. The van der Waals surface area contributed by atoms with Gasteiger partial charge in [-0.1, -0.05) is 12.1 Å². The van der Waals surface area contributed by atoms with E-state index in [4.69, 9.17) is 18.6 Å². The predicted octanol–water partition coefficient (Wildman–Crippen LogP) is 2.50. The lowest BCUT2D eigenvalue weighted by Crippen LogP contribution is -2.12. The van der Waals surface area contributed by atoms with Gasteiger partial charge in [-0.05, 0) is 12.1 Å². The van der Waals surface area contributed by atoms with Crippen LogP contribution < -0.4 is 19.5 Å². The first-order chi connectivity index (χ1) is 11.7. The molecule has 0 saturated carbocycles. The maximum Gasteiger partial charge on any atom is 0.319 e. The van der Waals surface area contributed by atoms with Gasteiger partial charge in [-0.3, -0.25) is 4.79 Å². The number of nitrogens with one attached hydrogen (secondary N) is 1. The summed E-state index contributed by atoms with van der Waals surface area (Å²) in [5, 5.41) is 3.41. The number of hydrogen-bond acceptors (Lipinski definition) is 7. The number of rotatable bonds is 5. The summed E-state index contributed by atoms with van der Waals surface area (Å²) < 4.78 is 20.9. The second-order valence-corrected chi connectivity index (χ2v) is 4.72. The topological polar surface area (TPSA) is 95.7 Å². The molecule has 3 rings (SSSR count). The summed E-state index contributed by atoms with van der Waals surface area (Å²) in [6.07, 6.45) is 1.39. The quantitative estimate of drug-likeness (QED) is 0.768. The zero-order valence-electron chi connectivity index (χ0n) is 13.3. The van der Waals surface area contributed by atoms with Gasteiger partial charge in [0, 0.05) is 5.39 Å². The molecule has 2 aromatic heterocycles. The van der Waals surface area contributed by atoms with Crippen molar-refractivity contribution >= 4 is 22.6 Å². The van der Waals surface area contributed by atoms with Crippen molar-refractivity contribution in [2.24, 2.45) is 0 Å². The minimum Gasteiger partial charge on any atom is -0.493 e. The number of para-hydroxylation sites is 1. The van der Waals surface area contributed by atoms with E-state index in [0.29, 0.717) is 17.0 Å². The lowest BCUT2D eigenvalue weighted by molar-refractivity contribution is 0.0998. The molecule has 124 valence electrons. The molecule has 0 saturated heterocycles. The zero-order valence-corrected chi connectivity index (χ0v) is 13.3. The molecular weight excluding hydrogens is 314 g/mol. The van der Waals surface area contributed by atoms with E-state index in [-0.39, 0.29) is 17.7 Å². The van der Waals surface area contributed by atoms with Crippen LogP contribution in [-0.4, -0.2) is 37.2 Å². The van der Waals surface area contributed by atoms with Gasteiger partial charge < -0.3 is 23.9 Å². The molecule has 2 heterocycles. The molecule has 0 aliphatic heterocycles. The predicted molar refractivity (Wildman–Crippen MR) is 85.9 cm³/mol. The molecule has 8 heteroatoms. The molecule has 24 heavy (non-hydrogen) atoms. The molecule has 0 unspecified atom stereocenters. The monoisotopic (exact) mass is 329 g/mol. The van der Waals surface area contributed by atoms with E-state index in [0.717, 1.165) is 5.39 Å². The van der Waals surface area contributed by atoms with Crippen molar-refractivity contribution in [3.05, 3.63) is 36.2 Å². The maximum atomic E-state index is 12.4. The molecule has 0 aliphatic carbocycles. The highest BCUT2D eigenvalue weighted by Gasteiger charge is 2.17. The number of aromatic nitrogens is 2. The maximum absolute atomic E-state index is 12.4. The number of ether oxygens (including phenoxy) is 3. The number of amides is 1. The molecule has 8 nitrogen and oxygen atoms in total. The number of anilines is 1. The molecule has 0 bridgehead atoms. The van der Waals surface area contributed by atoms with Crippen molar-refractivity contribution < 1.29 is 23.4 Å². The largest absolute Gasteiger partial charge is 0.493 e. The second-order valence-electron chi connectivity index (χ2n) is 4.72. The van der Waals surface area contributed by atoms with Crippen LogP contribution in [0, 0.1) is 0 Å². The molecule has 1 N–H and O–H groups in total. The Balaban J connectivity index is 1.90. The number of nitrogens with zero attached hydrogens (tertiary/aromatic N) is 2. The number of fused-ring (bicyclic) bond motifs is 1. The van der Waals surface area contributed by atoms with Gasteiger partial charge in [0.2, 0.25) is 5.88 Å². The lowest BCUT2D eigenvalue weighted by Gasteiger charge is -2.08. The Labute approximate surface area is 137 Å². The average Bonchev–Trinajstić information content (AvgIpc) is 3.06. The smallest absolute Gasteiger partial charge is 0.319 e. The van der Waals surface area contributed by atoms with Crippen LogP contribution in [0.2, 0.25) is 0 Å². The second kappa shape index (κ2) is 6.45. The number of methoxy groups -OCH3 is 3. The molecule has 3 aromatic rings. The summed E-state index contributed by atoms with van der Waals surface area (Å²) in [5.41, 5.74) is 0.804. The van der Waals surface area contributed by atoms with Crippen LogP contribution in [0.25, 0.3) is 11.0 Å². The Morgan fingerprint density at radius 2 is 2.00 bits per heavy atom. The van der Waals surface area contributed by atoms with Gasteiger partial charge in [-0.2, -0.15) is 4.98 Å². The van der Waals surface area contributed by atoms with Crippen LogP contribution in [0.15, 0.2) is 34.9 Å². The summed E-state index contributed by atoms with van der Waals surface area (Å²) in [7, 11) is 4.41. The summed E-state index contributed by atoms with van der Waals surface area (Å²) in [6.45, 7) is 0. The first kappa shape index (κ1) is 15.6. The fraction of sp³-hybridized carbons (Fsp3) is 0.188. The van der Waals surface area contributed by atoms with E-state index >= 15 is 0 Å². The van der Waals surface area contributed by atoms with Gasteiger partial charge in [0.15, 0.2) is 17.1 Å². The fourth-order valence-electron chi connectivity index (χ4n) is 2.18. The number of carbonyl (C=O) groups is 1. The van der Waals surface area contributed by atoms with Crippen LogP contribution in [-0.2, 0) is 0 Å². The molecule has 0 fully saturated rings. The van der Waals surface area contributed by atoms with Crippen molar-refractivity contribution in [1.29, 1.82) is 0 Å². The SMILES string of the molecule is COc1ncc(NC(=O)c2cc3cccc(OC)c3o2)c(OC)n1. The van der Waals surface area contributed by atoms with Gasteiger partial charge in [-0.15, -0.1) is 0 Å². The third-order valence-corrected chi connectivity index (χ3v) is 3.31. The van der Waals surface area contributed by atoms with Crippen molar-refractivity contribution in [2.45, 2.75) is 0 Å². The Kier molecular flexibility index (Phi) is 4.19. The van der Waals surface area contributed by atoms with E-state index in [1.165, 1.54) is 27.5 Å². The minimum atomic E-state index is -0.458. The molecular formula is C16H15N3O5. The van der Waals surface area contributed by atoms with E-state index in [1.807, 2.05) is 12.1 Å². The van der Waals surface area contributed by atoms with Crippen molar-refractivity contribution in [1.82, 2.24) is 9.97 Å². The average molecular weight is 329 g/mol. The van der Waals surface area contributed by atoms with Gasteiger partial charge in [0.25, 0.3) is 5.91 Å². The molecule has 1 amide bonds. The standard InChI is InChI=1S/C16H15N3O5/c1-21-11-6-4-5-9-7-12(24-13(9)11)14(20)18-10-8-17-16(23-3)19-15(10)22-2/h4-8H,1-3H3,(H,18,20). The van der Waals surface area contributed by atoms with Crippen molar-refractivity contribution in [3.63, 3.8) is 0 Å². The normalized spacial score (nSPS) is 10.5. The first-order valence-corrected chi connectivity index (χ1v) is 6.99. The highest BCUT2D eigenvalue weighted by atomic mass is 16.5. The van der Waals surface area contributed by atoms with Gasteiger partial charge in [-0.25, -0.2) is 4.98 Å². The Bertz CT molecular complexity index is 891. The number of hydrogen-bond donors (Lipinski definition) is 1. The molecule has 1 aromatic carbocycles. The molecule has 0 aliphatic rings. The molecule has 0 spiro atoms. The van der Waals surface area contributed by atoms with Crippen LogP contribution in [0.3, 0.4) is 0 Å². The van der Waals surface area contributed by atoms with Crippen molar-refractivity contribution in [3.8, 4) is 17.6 Å². The number of furan rings is 1. The summed E-state index contributed by atoms with van der Waals surface area (Å²) in [5.74, 6) is 0.411. The van der Waals surface area contributed by atoms with Crippen LogP contribution in [0.4, 0.5) is 5.69 Å². The Morgan fingerprint density at radius 1 is 1.17 bits per heavy atom. The van der Waals surface area contributed by atoms with E-state index in [9.17, 15) is 4.79 Å². The third-order valence-electron chi connectivity index (χ3n) is 3.31. The Hall–Kier alpha value is -3.29. The fourth-order valence-corrected chi connectivity index (χ4v) is 2.18. The molecule has 0 radical (unpaired) electrons. The third kappa shape index (κ3) is 2.81. The van der Waals surface area contributed by atoms with Crippen LogP contribution in [0.5, 0.6) is 17.6 Å². The summed E-state index contributed by atoms with van der Waals surface area (Å²) >= 11 is 0. The van der Waals surface area contributed by atoms with Gasteiger partial charge >= 0.3 is 6.01 Å². The van der Waals surface area contributed by atoms with Crippen LogP contribution >= 0.6 is 0 Å². The summed E-state index contributed by atoms with van der Waals surface area (Å²) in [6, 6.07) is 7.17. The summed E-state index contributed by atoms with van der Waals surface area (Å²) in [4.78, 5) is 20.4. The number of benzene rings is 1. The van der Waals surface area contributed by atoms with Gasteiger partial charge in [0.1, 0.15) is 5.69 Å². The Morgan fingerprint density at radius 3 is 2.71 bits per heavy atom. The van der Waals surface area contributed by atoms with E-state index in [2.05, 4.69) is 15.3 Å². The highest BCUT2D eigenvalue weighted by Crippen LogP contribution is 2.29. The highest BCUT2D eigenvalue weighted by molar-refractivity contribution is 6.05. The zero-order chi connectivity index (χ0) is 17.1.